The van der Waals surface area contributed by atoms with E-state index in [2.05, 4.69) is 10.6 Å². The minimum Gasteiger partial charge on any atom is -0.387 e. The van der Waals surface area contributed by atoms with Gasteiger partial charge in [0.15, 0.2) is 9.84 Å². The fraction of sp³-hybridized carbons (Fsp3) is 0.316. The second-order valence-corrected chi connectivity index (χ2v) is 8.72. The standard InChI is InChI=1S/C19H22N2O4S/c1-26(24,25)17-8-6-15(7-9-17)14-2-4-16(5-3-14)18(22)21-13-19(23)10-11-20-12-19/h2-9,20,23H,10-13H2,1H3,(H,21,22)/t19-/m0/s1. The van der Waals surface area contributed by atoms with Gasteiger partial charge in [0.1, 0.15) is 0 Å². The minimum atomic E-state index is -3.22. The van der Waals surface area contributed by atoms with E-state index in [0.29, 0.717) is 18.5 Å². The molecule has 0 spiro atoms. The van der Waals surface area contributed by atoms with E-state index >= 15 is 0 Å². The Morgan fingerprint density at radius 1 is 1.12 bits per heavy atom. The van der Waals surface area contributed by atoms with Crippen molar-refractivity contribution in [3.05, 3.63) is 54.1 Å². The Balaban J connectivity index is 1.67. The highest BCUT2D eigenvalue weighted by atomic mass is 32.2. The lowest BCUT2D eigenvalue weighted by molar-refractivity contribution is 0.0562. The first kappa shape index (κ1) is 18.6. The summed E-state index contributed by atoms with van der Waals surface area (Å²) in [5, 5.41) is 16.1. The molecule has 1 aliphatic rings. The minimum absolute atomic E-state index is 0.216. The van der Waals surface area contributed by atoms with Gasteiger partial charge < -0.3 is 15.7 Å². The number of carbonyl (C=O) groups is 1. The van der Waals surface area contributed by atoms with Gasteiger partial charge in [0.25, 0.3) is 5.91 Å². The first-order valence-electron chi connectivity index (χ1n) is 8.39. The van der Waals surface area contributed by atoms with Crippen molar-refractivity contribution >= 4 is 15.7 Å². The lowest BCUT2D eigenvalue weighted by Gasteiger charge is -2.21. The largest absolute Gasteiger partial charge is 0.387 e. The van der Waals surface area contributed by atoms with E-state index in [0.717, 1.165) is 17.7 Å². The zero-order valence-electron chi connectivity index (χ0n) is 14.5. The van der Waals surface area contributed by atoms with Crippen LogP contribution in [0.4, 0.5) is 0 Å². The average Bonchev–Trinajstić information content (AvgIpc) is 3.06. The van der Waals surface area contributed by atoms with E-state index in [1.807, 2.05) is 12.1 Å². The summed E-state index contributed by atoms with van der Waals surface area (Å²) in [6.45, 7) is 1.45. The fourth-order valence-corrected chi connectivity index (χ4v) is 3.57. The maximum Gasteiger partial charge on any atom is 0.251 e. The van der Waals surface area contributed by atoms with Gasteiger partial charge in [-0.15, -0.1) is 0 Å². The quantitative estimate of drug-likeness (QED) is 0.731. The van der Waals surface area contributed by atoms with Gasteiger partial charge in [0.2, 0.25) is 0 Å². The zero-order valence-corrected chi connectivity index (χ0v) is 15.3. The van der Waals surface area contributed by atoms with E-state index in [4.69, 9.17) is 0 Å². The smallest absolute Gasteiger partial charge is 0.251 e. The molecular weight excluding hydrogens is 352 g/mol. The summed E-state index contributed by atoms with van der Waals surface area (Å²) >= 11 is 0. The van der Waals surface area contributed by atoms with Crippen LogP contribution in [0.25, 0.3) is 11.1 Å². The normalized spacial score (nSPS) is 20.1. The van der Waals surface area contributed by atoms with Crippen molar-refractivity contribution in [1.82, 2.24) is 10.6 Å². The topological polar surface area (TPSA) is 95.5 Å². The Bertz CT molecular complexity index is 884. The molecule has 1 heterocycles. The lowest BCUT2D eigenvalue weighted by atomic mass is 10.0. The number of nitrogens with one attached hydrogen (secondary N) is 2. The van der Waals surface area contributed by atoms with E-state index in [9.17, 15) is 18.3 Å². The lowest BCUT2D eigenvalue weighted by Crippen LogP contribution is -2.44. The molecule has 6 nitrogen and oxygen atoms in total. The second kappa shape index (κ2) is 7.19. The Labute approximate surface area is 153 Å². The molecule has 1 saturated heterocycles. The van der Waals surface area contributed by atoms with Crippen molar-refractivity contribution in [2.75, 3.05) is 25.9 Å². The predicted octanol–water partition coefficient (Wildman–Crippen LogP) is 1.21. The van der Waals surface area contributed by atoms with Crippen LogP contribution in [0, 0.1) is 0 Å². The molecule has 0 unspecified atom stereocenters. The molecule has 138 valence electrons. The van der Waals surface area contributed by atoms with Crippen LogP contribution >= 0.6 is 0 Å². The van der Waals surface area contributed by atoms with Gasteiger partial charge in [0, 0.05) is 24.9 Å². The fourth-order valence-electron chi connectivity index (χ4n) is 2.94. The van der Waals surface area contributed by atoms with Crippen LogP contribution < -0.4 is 10.6 Å². The molecule has 2 aromatic rings. The highest BCUT2D eigenvalue weighted by Crippen LogP contribution is 2.22. The van der Waals surface area contributed by atoms with E-state index < -0.39 is 15.4 Å². The molecule has 0 bridgehead atoms. The molecule has 1 amide bonds. The second-order valence-electron chi connectivity index (χ2n) is 6.71. The van der Waals surface area contributed by atoms with Crippen molar-refractivity contribution < 1.29 is 18.3 Å². The van der Waals surface area contributed by atoms with Gasteiger partial charge in [-0.2, -0.15) is 0 Å². The number of amides is 1. The number of β-amino-alcohol motifs (C(OH)–C–C–N with tert-alkyl or cyclic N) is 1. The van der Waals surface area contributed by atoms with Gasteiger partial charge in [-0.05, 0) is 48.4 Å². The van der Waals surface area contributed by atoms with Crippen LogP contribution in [0.3, 0.4) is 0 Å². The van der Waals surface area contributed by atoms with Crippen molar-refractivity contribution in [3.8, 4) is 11.1 Å². The molecule has 1 aliphatic heterocycles. The van der Waals surface area contributed by atoms with Crippen molar-refractivity contribution in [2.45, 2.75) is 16.9 Å². The molecular formula is C19H22N2O4S. The number of benzene rings is 2. The van der Waals surface area contributed by atoms with Crippen LogP contribution in [0.2, 0.25) is 0 Å². The zero-order chi connectivity index (χ0) is 18.8. The maximum absolute atomic E-state index is 12.2. The average molecular weight is 374 g/mol. The Morgan fingerprint density at radius 2 is 1.69 bits per heavy atom. The highest BCUT2D eigenvalue weighted by Gasteiger charge is 2.31. The SMILES string of the molecule is CS(=O)(=O)c1ccc(-c2ccc(C(=O)NC[C@]3(O)CCNC3)cc2)cc1. The third kappa shape index (κ3) is 4.30. The molecule has 0 aliphatic carbocycles. The number of hydrogen-bond donors (Lipinski definition) is 3. The number of rotatable bonds is 5. The van der Waals surface area contributed by atoms with Crippen molar-refractivity contribution in [2.24, 2.45) is 0 Å². The monoisotopic (exact) mass is 374 g/mol. The molecule has 1 fully saturated rings. The van der Waals surface area contributed by atoms with Gasteiger partial charge in [-0.25, -0.2) is 8.42 Å². The van der Waals surface area contributed by atoms with Crippen molar-refractivity contribution in [3.63, 3.8) is 0 Å². The van der Waals surface area contributed by atoms with Crippen LogP contribution in [0.15, 0.2) is 53.4 Å². The molecule has 2 aromatic carbocycles. The third-order valence-electron chi connectivity index (χ3n) is 4.56. The van der Waals surface area contributed by atoms with Crippen LogP contribution in [-0.2, 0) is 9.84 Å². The van der Waals surface area contributed by atoms with Crippen LogP contribution in [-0.4, -0.2) is 50.9 Å². The van der Waals surface area contributed by atoms with Gasteiger partial charge in [-0.1, -0.05) is 24.3 Å². The predicted molar refractivity (Wildman–Crippen MR) is 99.8 cm³/mol. The molecule has 3 N–H and O–H groups in total. The number of carbonyl (C=O) groups excluding carboxylic acids is 1. The molecule has 7 heteroatoms. The number of sulfone groups is 1. The van der Waals surface area contributed by atoms with E-state index in [1.165, 1.54) is 6.26 Å². The summed E-state index contributed by atoms with van der Waals surface area (Å²) in [6, 6.07) is 13.7. The summed E-state index contributed by atoms with van der Waals surface area (Å²) in [6.07, 6.45) is 1.79. The Morgan fingerprint density at radius 3 is 2.19 bits per heavy atom. The Hall–Kier alpha value is -2.22. The van der Waals surface area contributed by atoms with Crippen molar-refractivity contribution in [1.29, 1.82) is 0 Å². The summed E-state index contributed by atoms with van der Waals surface area (Å²) in [7, 11) is -3.22. The van der Waals surface area contributed by atoms with E-state index in [1.54, 1.807) is 36.4 Å². The molecule has 0 radical (unpaired) electrons. The molecule has 0 saturated carbocycles. The molecule has 26 heavy (non-hydrogen) atoms. The first-order chi connectivity index (χ1) is 12.3. The highest BCUT2D eigenvalue weighted by molar-refractivity contribution is 7.90. The summed E-state index contributed by atoms with van der Waals surface area (Å²) < 4.78 is 23.0. The first-order valence-corrected chi connectivity index (χ1v) is 10.3. The van der Waals surface area contributed by atoms with Crippen LogP contribution in [0.1, 0.15) is 16.8 Å². The summed E-state index contributed by atoms with van der Waals surface area (Å²) in [5.41, 5.74) is 1.39. The number of aliphatic hydroxyl groups is 1. The maximum atomic E-state index is 12.2. The van der Waals surface area contributed by atoms with E-state index in [-0.39, 0.29) is 17.3 Å². The van der Waals surface area contributed by atoms with Crippen LogP contribution in [0.5, 0.6) is 0 Å². The third-order valence-corrected chi connectivity index (χ3v) is 5.69. The summed E-state index contributed by atoms with van der Waals surface area (Å²) in [4.78, 5) is 12.5. The summed E-state index contributed by atoms with van der Waals surface area (Å²) in [5.74, 6) is -0.232. The Kier molecular flexibility index (Phi) is 5.13. The van der Waals surface area contributed by atoms with Gasteiger partial charge in [0.05, 0.1) is 10.5 Å². The molecule has 0 aromatic heterocycles. The molecule has 1 atom stereocenters. The molecule has 3 rings (SSSR count). The number of hydrogen-bond acceptors (Lipinski definition) is 5. The van der Waals surface area contributed by atoms with Gasteiger partial charge in [-0.3, -0.25) is 4.79 Å². The van der Waals surface area contributed by atoms with Gasteiger partial charge >= 0.3 is 0 Å².